The third-order valence-corrected chi connectivity index (χ3v) is 4.07. The molecule has 1 heterocycles. The quantitative estimate of drug-likeness (QED) is 0.771. The van der Waals surface area contributed by atoms with E-state index in [1.807, 2.05) is 17.9 Å². The average Bonchev–Trinajstić information content (AvgIpc) is 2.57. The summed E-state index contributed by atoms with van der Waals surface area (Å²) in [6, 6.07) is 6.17. The highest BCUT2D eigenvalue weighted by Crippen LogP contribution is 2.26. The predicted molar refractivity (Wildman–Crippen MR) is 80.8 cm³/mol. The van der Waals surface area contributed by atoms with Crippen molar-refractivity contribution in [1.29, 1.82) is 0 Å². The highest BCUT2D eigenvalue weighted by molar-refractivity contribution is 5.79. The Morgan fingerprint density at radius 1 is 1.30 bits per heavy atom. The summed E-state index contributed by atoms with van der Waals surface area (Å²) >= 11 is 0. The molecule has 1 aliphatic rings. The van der Waals surface area contributed by atoms with Crippen molar-refractivity contribution >= 4 is 5.91 Å². The largest absolute Gasteiger partial charge is 0.497 e. The van der Waals surface area contributed by atoms with Crippen LogP contribution >= 0.6 is 0 Å². The monoisotopic (exact) mass is 275 g/mol. The van der Waals surface area contributed by atoms with Gasteiger partial charge in [-0.1, -0.05) is 32.8 Å². The van der Waals surface area contributed by atoms with Gasteiger partial charge in [0.05, 0.1) is 7.11 Å². The van der Waals surface area contributed by atoms with Gasteiger partial charge in [-0.15, -0.1) is 0 Å². The Hall–Kier alpha value is -1.51. The molecule has 3 heteroatoms. The zero-order valence-electron chi connectivity index (χ0n) is 12.8. The molecule has 1 aromatic carbocycles. The molecule has 20 heavy (non-hydrogen) atoms. The van der Waals surface area contributed by atoms with Gasteiger partial charge in [0.1, 0.15) is 5.75 Å². The Bertz CT molecular complexity index is 470. The lowest BCUT2D eigenvalue weighted by atomic mass is 9.98. The molecule has 1 aromatic rings. The van der Waals surface area contributed by atoms with E-state index >= 15 is 0 Å². The number of carbonyl (C=O) groups excluding carboxylic acids is 1. The fourth-order valence-corrected chi connectivity index (χ4v) is 2.83. The van der Waals surface area contributed by atoms with E-state index in [9.17, 15) is 4.79 Å². The highest BCUT2D eigenvalue weighted by atomic mass is 16.5. The third-order valence-electron chi connectivity index (χ3n) is 4.07. The van der Waals surface area contributed by atoms with E-state index in [4.69, 9.17) is 4.74 Å². The van der Waals surface area contributed by atoms with Crippen molar-refractivity contribution in [3.05, 3.63) is 29.3 Å². The van der Waals surface area contributed by atoms with Crippen molar-refractivity contribution < 1.29 is 9.53 Å². The lowest BCUT2D eigenvalue weighted by Crippen LogP contribution is -2.34. The Balaban J connectivity index is 2.19. The summed E-state index contributed by atoms with van der Waals surface area (Å²) in [5.74, 6) is 1.24. The van der Waals surface area contributed by atoms with Gasteiger partial charge >= 0.3 is 0 Å². The Kier molecular flexibility index (Phi) is 5.05. The first-order valence-electron chi connectivity index (χ1n) is 7.60. The van der Waals surface area contributed by atoms with Gasteiger partial charge in [-0.25, -0.2) is 0 Å². The van der Waals surface area contributed by atoms with Gasteiger partial charge in [-0.05, 0) is 36.1 Å². The molecule has 0 spiro atoms. The number of hydrogen-bond donors (Lipinski definition) is 0. The first kappa shape index (κ1) is 14.9. The molecule has 0 radical (unpaired) electrons. The van der Waals surface area contributed by atoms with Gasteiger partial charge < -0.3 is 9.64 Å². The van der Waals surface area contributed by atoms with Crippen molar-refractivity contribution in [2.45, 2.75) is 46.1 Å². The molecule has 0 saturated heterocycles. The number of rotatable bonds is 5. The van der Waals surface area contributed by atoms with Crippen molar-refractivity contribution in [3.63, 3.8) is 0 Å². The van der Waals surface area contributed by atoms with E-state index in [-0.39, 0.29) is 11.8 Å². The van der Waals surface area contributed by atoms with Crippen molar-refractivity contribution in [1.82, 2.24) is 4.90 Å². The lowest BCUT2D eigenvalue weighted by Gasteiger charge is -2.23. The molecule has 1 aliphatic heterocycles. The summed E-state index contributed by atoms with van der Waals surface area (Å²) in [5.41, 5.74) is 2.52. The number of ether oxygens (including phenoxy) is 1. The summed E-state index contributed by atoms with van der Waals surface area (Å²) < 4.78 is 5.31. The molecule has 3 nitrogen and oxygen atoms in total. The Morgan fingerprint density at radius 3 is 2.80 bits per heavy atom. The molecule has 0 N–H and O–H groups in total. The molecule has 0 fully saturated rings. The van der Waals surface area contributed by atoms with Crippen LogP contribution in [0.5, 0.6) is 5.75 Å². The Labute approximate surface area is 121 Å². The molecule has 1 unspecified atom stereocenters. The van der Waals surface area contributed by atoms with Gasteiger partial charge in [-0.2, -0.15) is 0 Å². The zero-order valence-corrected chi connectivity index (χ0v) is 12.8. The summed E-state index contributed by atoms with van der Waals surface area (Å²) in [6.07, 6.45) is 4.29. The predicted octanol–water partition coefficient (Wildman–Crippen LogP) is 3.41. The summed E-state index contributed by atoms with van der Waals surface area (Å²) in [5, 5.41) is 0. The smallest absolute Gasteiger partial charge is 0.226 e. The number of carbonyl (C=O) groups is 1. The average molecular weight is 275 g/mol. The molecule has 2 rings (SSSR count). The molecule has 0 bridgehead atoms. The van der Waals surface area contributed by atoms with Gasteiger partial charge in [-0.3, -0.25) is 4.79 Å². The zero-order chi connectivity index (χ0) is 14.5. The number of fused-ring (bicyclic) bond motifs is 1. The molecular weight excluding hydrogens is 250 g/mol. The Morgan fingerprint density at radius 2 is 2.10 bits per heavy atom. The van der Waals surface area contributed by atoms with Crippen LogP contribution in [0, 0.1) is 5.92 Å². The first-order chi connectivity index (χ1) is 9.65. The van der Waals surface area contributed by atoms with Gasteiger partial charge in [0.25, 0.3) is 0 Å². The van der Waals surface area contributed by atoms with Crippen LogP contribution in [0.4, 0.5) is 0 Å². The third kappa shape index (κ3) is 3.33. The van der Waals surface area contributed by atoms with Crippen molar-refractivity contribution in [2.75, 3.05) is 13.7 Å². The second kappa shape index (κ2) is 6.78. The number of methoxy groups -OCH3 is 1. The minimum absolute atomic E-state index is 0.0753. The minimum atomic E-state index is 0.0753. The fraction of sp³-hybridized carbons (Fsp3) is 0.588. The van der Waals surface area contributed by atoms with E-state index < -0.39 is 0 Å². The molecule has 0 aliphatic carbocycles. The molecular formula is C17H25NO2. The van der Waals surface area contributed by atoms with Gasteiger partial charge in [0.15, 0.2) is 0 Å². The van der Waals surface area contributed by atoms with E-state index in [1.54, 1.807) is 7.11 Å². The van der Waals surface area contributed by atoms with Crippen LogP contribution in [0.3, 0.4) is 0 Å². The molecule has 110 valence electrons. The van der Waals surface area contributed by atoms with Crippen LogP contribution in [0.1, 0.15) is 44.2 Å². The number of unbranched alkanes of at least 4 members (excludes halogenated alkanes) is 2. The topological polar surface area (TPSA) is 29.5 Å². The SMILES string of the molecule is CCCCCN1Cc2cc(OC)ccc2CC(C)C1=O. The van der Waals surface area contributed by atoms with Crippen LogP contribution in [-0.4, -0.2) is 24.5 Å². The number of benzene rings is 1. The second-order valence-electron chi connectivity index (χ2n) is 5.71. The maximum absolute atomic E-state index is 12.5. The maximum Gasteiger partial charge on any atom is 0.226 e. The molecule has 0 aromatic heterocycles. The molecule has 1 amide bonds. The van der Waals surface area contributed by atoms with Gasteiger partial charge in [0.2, 0.25) is 5.91 Å². The van der Waals surface area contributed by atoms with E-state index in [0.29, 0.717) is 0 Å². The summed E-state index contributed by atoms with van der Waals surface area (Å²) in [7, 11) is 1.69. The van der Waals surface area contributed by atoms with Crippen molar-refractivity contribution in [2.24, 2.45) is 5.92 Å². The number of amides is 1. The van der Waals surface area contributed by atoms with E-state index in [0.717, 1.165) is 31.7 Å². The van der Waals surface area contributed by atoms with E-state index in [2.05, 4.69) is 19.1 Å². The minimum Gasteiger partial charge on any atom is -0.497 e. The second-order valence-corrected chi connectivity index (χ2v) is 5.71. The van der Waals surface area contributed by atoms with Crippen LogP contribution in [0.2, 0.25) is 0 Å². The van der Waals surface area contributed by atoms with Crippen molar-refractivity contribution in [3.8, 4) is 5.75 Å². The normalized spacial score (nSPS) is 18.6. The van der Waals surface area contributed by atoms with Gasteiger partial charge in [0, 0.05) is 19.0 Å². The lowest BCUT2D eigenvalue weighted by molar-refractivity contribution is -0.135. The summed E-state index contributed by atoms with van der Waals surface area (Å²) in [6.45, 7) is 5.81. The number of hydrogen-bond acceptors (Lipinski definition) is 2. The van der Waals surface area contributed by atoms with Crippen LogP contribution in [-0.2, 0) is 17.8 Å². The first-order valence-corrected chi connectivity index (χ1v) is 7.60. The standard InChI is InChI=1S/C17H25NO2/c1-4-5-6-9-18-12-15-11-16(20-3)8-7-14(15)10-13(2)17(18)19/h7-8,11,13H,4-6,9-10,12H2,1-3H3. The van der Waals surface area contributed by atoms with E-state index in [1.165, 1.54) is 24.0 Å². The van der Waals surface area contributed by atoms with Crippen LogP contribution in [0.25, 0.3) is 0 Å². The number of nitrogens with zero attached hydrogens (tertiary/aromatic N) is 1. The fourth-order valence-electron chi connectivity index (χ4n) is 2.83. The highest BCUT2D eigenvalue weighted by Gasteiger charge is 2.26. The summed E-state index contributed by atoms with van der Waals surface area (Å²) in [4.78, 5) is 14.5. The molecule has 1 atom stereocenters. The van der Waals surface area contributed by atoms with Crippen LogP contribution in [0.15, 0.2) is 18.2 Å². The maximum atomic E-state index is 12.5. The molecule has 0 saturated carbocycles. The van der Waals surface area contributed by atoms with Crippen LogP contribution < -0.4 is 4.74 Å².